The van der Waals surface area contributed by atoms with E-state index in [0.29, 0.717) is 18.5 Å². The van der Waals surface area contributed by atoms with Gasteiger partial charge in [-0.1, -0.05) is 25.3 Å². The highest BCUT2D eigenvalue weighted by molar-refractivity contribution is 5.93. The molecule has 2 heterocycles. The zero-order valence-electron chi connectivity index (χ0n) is 13.2. The molecule has 1 aliphatic rings. The minimum absolute atomic E-state index is 0.00694. The third kappa shape index (κ3) is 3.12. The quantitative estimate of drug-likeness (QED) is 0.897. The Kier molecular flexibility index (Phi) is 4.17. The van der Waals surface area contributed by atoms with Crippen molar-refractivity contribution in [2.75, 3.05) is 6.54 Å². The van der Waals surface area contributed by atoms with E-state index in [0.717, 1.165) is 24.8 Å². The number of aryl methyl sites for hydroxylation is 1. The first kappa shape index (κ1) is 15.7. The number of fused-ring (bicyclic) bond motifs is 1. The van der Waals surface area contributed by atoms with Crippen molar-refractivity contribution < 1.29 is 9.90 Å². The third-order valence-corrected chi connectivity index (χ3v) is 4.53. The number of nitrogens with zero attached hydrogens (tertiary/aromatic N) is 2. The monoisotopic (exact) mass is 315 g/mol. The van der Waals surface area contributed by atoms with Crippen LogP contribution in [-0.2, 0) is 0 Å². The summed E-state index contributed by atoms with van der Waals surface area (Å²) in [5.41, 5.74) is 0.151. The average Bonchev–Trinajstić information content (AvgIpc) is 2.55. The summed E-state index contributed by atoms with van der Waals surface area (Å²) in [4.78, 5) is 29.0. The van der Waals surface area contributed by atoms with Gasteiger partial charge in [0.15, 0.2) is 0 Å². The van der Waals surface area contributed by atoms with Crippen molar-refractivity contribution in [1.29, 1.82) is 0 Å². The average molecular weight is 315 g/mol. The summed E-state index contributed by atoms with van der Waals surface area (Å²) in [7, 11) is 0. The predicted molar refractivity (Wildman–Crippen MR) is 86.6 cm³/mol. The summed E-state index contributed by atoms with van der Waals surface area (Å²) >= 11 is 0. The van der Waals surface area contributed by atoms with E-state index in [4.69, 9.17) is 0 Å². The molecule has 0 aromatic carbocycles. The number of pyridine rings is 1. The van der Waals surface area contributed by atoms with Crippen molar-refractivity contribution in [1.82, 2.24) is 14.7 Å². The highest BCUT2D eigenvalue weighted by Gasteiger charge is 2.30. The second-order valence-corrected chi connectivity index (χ2v) is 6.33. The Labute approximate surface area is 134 Å². The van der Waals surface area contributed by atoms with E-state index in [9.17, 15) is 14.7 Å². The number of aromatic nitrogens is 2. The number of aliphatic hydroxyl groups is 1. The molecule has 23 heavy (non-hydrogen) atoms. The molecule has 1 amide bonds. The summed E-state index contributed by atoms with van der Waals surface area (Å²) in [6.07, 6.45) is 7.32. The number of carbonyl (C=O) groups is 1. The molecule has 2 N–H and O–H groups in total. The van der Waals surface area contributed by atoms with Crippen LogP contribution in [0.25, 0.3) is 5.65 Å². The molecule has 0 unspecified atom stereocenters. The standard InChI is InChI=1S/C17H21N3O3/c1-12-6-5-9-20-14(12)18-10-13(16(20)22)15(21)19-11-17(23)7-3-2-4-8-17/h5-6,9-10,23H,2-4,7-8,11H2,1H3,(H,19,21). The van der Waals surface area contributed by atoms with E-state index < -0.39 is 17.1 Å². The van der Waals surface area contributed by atoms with Crippen LogP contribution in [0.1, 0.15) is 48.0 Å². The molecular weight excluding hydrogens is 294 g/mol. The smallest absolute Gasteiger partial charge is 0.270 e. The van der Waals surface area contributed by atoms with Gasteiger partial charge in [0.05, 0.1) is 5.60 Å². The van der Waals surface area contributed by atoms with E-state index in [1.54, 1.807) is 12.3 Å². The Morgan fingerprint density at radius 3 is 2.87 bits per heavy atom. The Morgan fingerprint density at radius 1 is 1.39 bits per heavy atom. The first-order chi connectivity index (χ1) is 11.0. The lowest BCUT2D eigenvalue weighted by molar-refractivity contribution is 0.00523. The lowest BCUT2D eigenvalue weighted by atomic mass is 9.85. The Morgan fingerprint density at radius 2 is 2.13 bits per heavy atom. The van der Waals surface area contributed by atoms with Crippen LogP contribution in [0.5, 0.6) is 0 Å². The summed E-state index contributed by atoms with van der Waals surface area (Å²) in [5.74, 6) is -0.489. The minimum Gasteiger partial charge on any atom is -0.388 e. The van der Waals surface area contributed by atoms with Gasteiger partial charge in [0, 0.05) is 18.9 Å². The zero-order chi connectivity index (χ0) is 16.4. The van der Waals surface area contributed by atoms with Crippen molar-refractivity contribution in [2.24, 2.45) is 0 Å². The van der Waals surface area contributed by atoms with Gasteiger partial charge in [-0.3, -0.25) is 14.0 Å². The van der Waals surface area contributed by atoms with E-state index in [1.165, 1.54) is 10.6 Å². The van der Waals surface area contributed by atoms with Crippen LogP contribution in [-0.4, -0.2) is 32.5 Å². The van der Waals surface area contributed by atoms with Gasteiger partial charge in [-0.05, 0) is 31.4 Å². The van der Waals surface area contributed by atoms with E-state index >= 15 is 0 Å². The number of nitrogens with one attached hydrogen (secondary N) is 1. The molecule has 1 saturated carbocycles. The van der Waals surface area contributed by atoms with Crippen molar-refractivity contribution in [2.45, 2.75) is 44.6 Å². The number of hydrogen-bond donors (Lipinski definition) is 2. The van der Waals surface area contributed by atoms with E-state index in [2.05, 4.69) is 10.3 Å². The molecule has 2 aromatic rings. The predicted octanol–water partition coefficient (Wildman–Crippen LogP) is 1.43. The SMILES string of the molecule is Cc1cccn2c(=O)c(C(=O)NCC3(O)CCCCC3)cnc12. The van der Waals surface area contributed by atoms with Crippen LogP contribution in [0.4, 0.5) is 0 Å². The topological polar surface area (TPSA) is 83.7 Å². The fraction of sp³-hybridized carbons (Fsp3) is 0.471. The first-order valence-electron chi connectivity index (χ1n) is 7.98. The van der Waals surface area contributed by atoms with Crippen molar-refractivity contribution in [3.63, 3.8) is 0 Å². The van der Waals surface area contributed by atoms with E-state index in [-0.39, 0.29) is 12.1 Å². The maximum Gasteiger partial charge on any atom is 0.270 e. The largest absolute Gasteiger partial charge is 0.388 e. The van der Waals surface area contributed by atoms with Crippen LogP contribution >= 0.6 is 0 Å². The van der Waals surface area contributed by atoms with Gasteiger partial charge in [0.25, 0.3) is 11.5 Å². The summed E-state index contributed by atoms with van der Waals surface area (Å²) in [6.45, 7) is 2.03. The van der Waals surface area contributed by atoms with Gasteiger partial charge in [-0.25, -0.2) is 4.98 Å². The molecule has 0 saturated heterocycles. The van der Waals surface area contributed by atoms with Gasteiger partial charge < -0.3 is 10.4 Å². The lowest BCUT2D eigenvalue weighted by Crippen LogP contribution is -2.45. The molecule has 6 nitrogen and oxygen atoms in total. The molecule has 0 bridgehead atoms. The van der Waals surface area contributed by atoms with Crippen LogP contribution < -0.4 is 10.9 Å². The minimum atomic E-state index is -0.856. The Bertz CT molecular complexity index is 791. The summed E-state index contributed by atoms with van der Waals surface area (Å²) in [5, 5.41) is 13.1. The maximum absolute atomic E-state index is 12.5. The molecule has 0 atom stereocenters. The highest BCUT2D eigenvalue weighted by atomic mass is 16.3. The maximum atomic E-state index is 12.5. The van der Waals surface area contributed by atoms with Crippen molar-refractivity contribution in [3.8, 4) is 0 Å². The van der Waals surface area contributed by atoms with Gasteiger partial charge in [-0.15, -0.1) is 0 Å². The molecule has 2 aromatic heterocycles. The van der Waals surface area contributed by atoms with Crippen molar-refractivity contribution >= 4 is 11.6 Å². The second-order valence-electron chi connectivity index (χ2n) is 6.33. The molecule has 6 heteroatoms. The lowest BCUT2D eigenvalue weighted by Gasteiger charge is -2.32. The van der Waals surface area contributed by atoms with Crippen LogP contribution in [0.15, 0.2) is 29.3 Å². The Balaban J connectivity index is 1.81. The molecule has 0 radical (unpaired) electrons. The van der Waals surface area contributed by atoms with E-state index in [1.807, 2.05) is 13.0 Å². The number of rotatable bonds is 3. The molecule has 0 spiro atoms. The Hall–Kier alpha value is -2.21. The van der Waals surface area contributed by atoms with Gasteiger partial charge in [0.1, 0.15) is 11.2 Å². The third-order valence-electron chi connectivity index (χ3n) is 4.53. The molecule has 1 aliphatic carbocycles. The zero-order valence-corrected chi connectivity index (χ0v) is 13.2. The number of amides is 1. The number of hydrogen-bond acceptors (Lipinski definition) is 4. The summed E-state index contributed by atoms with van der Waals surface area (Å²) < 4.78 is 1.37. The number of carbonyl (C=O) groups excluding carboxylic acids is 1. The molecule has 0 aliphatic heterocycles. The van der Waals surface area contributed by atoms with Crippen LogP contribution in [0.2, 0.25) is 0 Å². The van der Waals surface area contributed by atoms with Crippen LogP contribution in [0.3, 0.4) is 0 Å². The molecular formula is C17H21N3O3. The second kappa shape index (κ2) is 6.12. The molecule has 1 fully saturated rings. The fourth-order valence-electron chi connectivity index (χ4n) is 3.13. The van der Waals surface area contributed by atoms with Gasteiger partial charge in [0.2, 0.25) is 0 Å². The summed E-state index contributed by atoms with van der Waals surface area (Å²) in [6, 6.07) is 3.61. The fourth-order valence-corrected chi connectivity index (χ4v) is 3.13. The highest BCUT2D eigenvalue weighted by Crippen LogP contribution is 2.27. The van der Waals surface area contributed by atoms with Crippen molar-refractivity contribution in [3.05, 3.63) is 46.0 Å². The van der Waals surface area contributed by atoms with Gasteiger partial charge >= 0.3 is 0 Å². The molecule has 122 valence electrons. The molecule has 3 rings (SSSR count). The van der Waals surface area contributed by atoms with Crippen LogP contribution in [0, 0.1) is 6.92 Å². The normalized spacial score (nSPS) is 17.1. The first-order valence-corrected chi connectivity index (χ1v) is 7.98. The van der Waals surface area contributed by atoms with Gasteiger partial charge in [-0.2, -0.15) is 0 Å².